The minimum Gasteiger partial charge on any atom is -0.318 e. The summed E-state index contributed by atoms with van der Waals surface area (Å²) in [5.74, 6) is -3.37. The molecule has 0 spiro atoms. The van der Waals surface area contributed by atoms with Gasteiger partial charge in [-0.2, -0.15) is 0 Å². The molecule has 0 saturated carbocycles. The van der Waals surface area contributed by atoms with E-state index in [4.69, 9.17) is 23.2 Å². The van der Waals surface area contributed by atoms with Crippen molar-refractivity contribution < 1.29 is 23.2 Å². The highest BCUT2D eigenvalue weighted by Crippen LogP contribution is 2.39. The summed E-state index contributed by atoms with van der Waals surface area (Å²) in [4.78, 5) is 37.9. The fraction of sp³-hybridized carbons (Fsp3) is 0.318. The van der Waals surface area contributed by atoms with Crippen LogP contribution in [0.1, 0.15) is 18.4 Å². The second-order valence-electron chi connectivity index (χ2n) is 7.93. The smallest absolute Gasteiger partial charge is 0.318 e. The molecule has 7 nitrogen and oxygen atoms in total. The summed E-state index contributed by atoms with van der Waals surface area (Å²) in [5.41, 5.74) is 3.12. The fourth-order valence-electron chi connectivity index (χ4n) is 3.63. The van der Waals surface area contributed by atoms with Gasteiger partial charge >= 0.3 is 11.8 Å². The quantitative estimate of drug-likeness (QED) is 0.485. The number of amides is 3. The minimum atomic E-state index is -0.918. The third-order valence-corrected chi connectivity index (χ3v) is 5.68. The highest BCUT2D eigenvalue weighted by atomic mass is 35.5. The van der Waals surface area contributed by atoms with Crippen LogP contribution in [0.3, 0.4) is 0 Å². The summed E-state index contributed by atoms with van der Waals surface area (Å²) < 4.78 is 27.3. The zero-order valence-corrected chi connectivity index (χ0v) is 19.4. The van der Waals surface area contributed by atoms with Crippen molar-refractivity contribution >= 4 is 52.3 Å². The molecule has 0 radical (unpaired) electrons. The lowest BCUT2D eigenvalue weighted by Gasteiger charge is -2.34. The van der Waals surface area contributed by atoms with Crippen LogP contribution in [0.15, 0.2) is 30.3 Å². The van der Waals surface area contributed by atoms with Crippen molar-refractivity contribution in [1.82, 2.24) is 10.4 Å². The van der Waals surface area contributed by atoms with E-state index in [1.54, 1.807) is 14.1 Å². The summed E-state index contributed by atoms with van der Waals surface area (Å²) in [5, 5.41) is 3.93. The van der Waals surface area contributed by atoms with E-state index in [2.05, 4.69) is 10.7 Å². The van der Waals surface area contributed by atoms with E-state index in [-0.39, 0.29) is 46.2 Å². The Morgan fingerprint density at radius 3 is 2.39 bits per heavy atom. The van der Waals surface area contributed by atoms with Crippen molar-refractivity contribution in [2.45, 2.75) is 19.3 Å². The molecule has 3 rings (SSSR count). The SMILES string of the molecule is CN(C)NC(=O)C(=O)Nc1cc(Cl)c(N2CC(Cc3ccc(F)cc3F)CCC2=O)c(Cl)c1. The number of nitrogens with zero attached hydrogens (tertiary/aromatic N) is 2. The second kappa shape index (κ2) is 10.5. The molecule has 11 heteroatoms. The van der Waals surface area contributed by atoms with Gasteiger partial charge in [0.25, 0.3) is 0 Å². The number of rotatable bonds is 5. The van der Waals surface area contributed by atoms with Gasteiger partial charge in [0.15, 0.2) is 0 Å². The average molecular weight is 499 g/mol. The zero-order chi connectivity index (χ0) is 24.3. The summed E-state index contributed by atoms with van der Waals surface area (Å²) in [7, 11) is 3.11. The Kier molecular flexibility index (Phi) is 7.88. The van der Waals surface area contributed by atoms with Crippen LogP contribution in [0.25, 0.3) is 0 Å². The number of carbonyl (C=O) groups is 3. The fourth-order valence-corrected chi connectivity index (χ4v) is 4.32. The summed E-state index contributed by atoms with van der Waals surface area (Å²) in [6.45, 7) is 0.242. The number of carbonyl (C=O) groups excluding carboxylic acids is 3. The Morgan fingerprint density at radius 1 is 1.12 bits per heavy atom. The van der Waals surface area contributed by atoms with Gasteiger partial charge in [-0.25, -0.2) is 13.8 Å². The zero-order valence-electron chi connectivity index (χ0n) is 17.9. The van der Waals surface area contributed by atoms with Crippen LogP contribution in [0, 0.1) is 17.6 Å². The summed E-state index contributed by atoms with van der Waals surface area (Å²) in [6, 6.07) is 6.21. The van der Waals surface area contributed by atoms with Crippen molar-refractivity contribution in [1.29, 1.82) is 0 Å². The number of halogens is 4. The van der Waals surface area contributed by atoms with Gasteiger partial charge in [-0.3, -0.25) is 19.8 Å². The third-order valence-electron chi connectivity index (χ3n) is 5.11. The van der Waals surface area contributed by atoms with Gasteiger partial charge in [-0.15, -0.1) is 0 Å². The Labute approximate surface area is 199 Å². The van der Waals surface area contributed by atoms with Gasteiger partial charge in [0.2, 0.25) is 5.91 Å². The first-order valence-corrected chi connectivity index (χ1v) is 10.8. The van der Waals surface area contributed by atoms with Gasteiger partial charge in [0.05, 0.1) is 15.7 Å². The van der Waals surface area contributed by atoms with Gasteiger partial charge in [0, 0.05) is 38.8 Å². The van der Waals surface area contributed by atoms with Crippen molar-refractivity contribution in [2.75, 3.05) is 30.9 Å². The van der Waals surface area contributed by atoms with Crippen LogP contribution in [0.2, 0.25) is 10.0 Å². The molecule has 0 bridgehead atoms. The first-order valence-electron chi connectivity index (χ1n) is 10.1. The van der Waals surface area contributed by atoms with Crippen molar-refractivity contribution in [3.05, 3.63) is 57.6 Å². The van der Waals surface area contributed by atoms with Crippen molar-refractivity contribution in [2.24, 2.45) is 5.92 Å². The number of anilines is 2. The van der Waals surface area contributed by atoms with Gasteiger partial charge in [-0.1, -0.05) is 29.3 Å². The van der Waals surface area contributed by atoms with Gasteiger partial charge in [-0.05, 0) is 42.5 Å². The second-order valence-corrected chi connectivity index (χ2v) is 8.74. The number of piperidine rings is 1. The van der Waals surface area contributed by atoms with Crippen LogP contribution in [-0.2, 0) is 20.8 Å². The molecular formula is C22H22Cl2F2N4O3. The van der Waals surface area contributed by atoms with Crippen LogP contribution >= 0.6 is 23.2 Å². The molecule has 0 aromatic heterocycles. The normalized spacial score (nSPS) is 16.2. The lowest BCUT2D eigenvalue weighted by molar-refractivity contribution is -0.138. The molecule has 3 amide bonds. The Hall–Kier alpha value is -2.75. The number of hydrazine groups is 1. The third kappa shape index (κ3) is 6.19. The maximum absolute atomic E-state index is 14.1. The molecule has 1 fully saturated rings. The maximum Gasteiger partial charge on any atom is 0.323 e. The van der Waals surface area contributed by atoms with Crippen LogP contribution in [-0.4, -0.2) is 43.4 Å². The van der Waals surface area contributed by atoms with Gasteiger partial charge in [0.1, 0.15) is 11.6 Å². The first-order chi connectivity index (χ1) is 15.5. The number of hydrogen-bond donors (Lipinski definition) is 2. The largest absolute Gasteiger partial charge is 0.323 e. The summed E-state index contributed by atoms with van der Waals surface area (Å²) in [6.07, 6.45) is 1.07. The van der Waals surface area contributed by atoms with E-state index in [1.165, 1.54) is 34.2 Å². The monoisotopic (exact) mass is 498 g/mol. The van der Waals surface area contributed by atoms with E-state index < -0.39 is 23.4 Å². The molecule has 2 N–H and O–H groups in total. The molecule has 1 unspecified atom stereocenters. The number of benzene rings is 2. The summed E-state index contributed by atoms with van der Waals surface area (Å²) >= 11 is 12.8. The molecule has 1 aliphatic rings. The molecule has 1 saturated heterocycles. The molecule has 2 aromatic carbocycles. The lowest BCUT2D eigenvalue weighted by atomic mass is 9.90. The molecule has 33 heavy (non-hydrogen) atoms. The standard InChI is InChI=1S/C22H22Cl2F2N4O3/c1-29(2)28-22(33)21(32)27-15-9-16(23)20(17(24)10-15)30-11-12(3-6-19(30)31)7-13-4-5-14(25)8-18(13)26/h4-5,8-10,12H,3,6-7,11H2,1-2H3,(H,27,32)(H,28,33). The molecular weight excluding hydrogens is 477 g/mol. The van der Waals surface area contributed by atoms with E-state index in [1.807, 2.05) is 0 Å². The molecule has 0 aliphatic carbocycles. The predicted molar refractivity (Wildman–Crippen MR) is 122 cm³/mol. The lowest BCUT2D eigenvalue weighted by Crippen LogP contribution is -2.43. The maximum atomic E-state index is 14.1. The van der Waals surface area contributed by atoms with Crippen LogP contribution in [0.5, 0.6) is 0 Å². The highest BCUT2D eigenvalue weighted by molar-refractivity contribution is 6.42. The van der Waals surface area contributed by atoms with E-state index in [0.29, 0.717) is 18.4 Å². The van der Waals surface area contributed by atoms with Crippen LogP contribution < -0.4 is 15.6 Å². The van der Waals surface area contributed by atoms with Crippen molar-refractivity contribution in [3.63, 3.8) is 0 Å². The van der Waals surface area contributed by atoms with E-state index in [9.17, 15) is 23.2 Å². The number of hydrogen-bond acceptors (Lipinski definition) is 4. The Morgan fingerprint density at radius 2 is 1.79 bits per heavy atom. The molecule has 1 heterocycles. The van der Waals surface area contributed by atoms with Gasteiger partial charge < -0.3 is 10.2 Å². The molecule has 2 aromatic rings. The highest BCUT2D eigenvalue weighted by Gasteiger charge is 2.30. The Bertz CT molecular complexity index is 1070. The molecule has 176 valence electrons. The van der Waals surface area contributed by atoms with Crippen LogP contribution in [0.4, 0.5) is 20.2 Å². The predicted octanol–water partition coefficient (Wildman–Crippen LogP) is 3.79. The molecule has 1 atom stereocenters. The Balaban J connectivity index is 1.77. The van der Waals surface area contributed by atoms with Crippen molar-refractivity contribution in [3.8, 4) is 0 Å². The topological polar surface area (TPSA) is 81.8 Å². The van der Waals surface area contributed by atoms with E-state index in [0.717, 1.165) is 6.07 Å². The number of nitrogens with one attached hydrogen (secondary N) is 2. The minimum absolute atomic E-state index is 0.0936. The average Bonchev–Trinajstić information content (AvgIpc) is 2.71. The first kappa shape index (κ1) is 24.9. The molecule has 1 aliphatic heterocycles. The van der Waals surface area contributed by atoms with E-state index >= 15 is 0 Å².